The Bertz CT molecular complexity index is 375. The van der Waals surface area contributed by atoms with Gasteiger partial charge < -0.3 is 15.7 Å². The van der Waals surface area contributed by atoms with Crippen LogP contribution < -0.4 is 10.6 Å². The lowest BCUT2D eigenvalue weighted by atomic mass is 9.87. The van der Waals surface area contributed by atoms with E-state index in [1.807, 2.05) is 12.3 Å². The fourth-order valence-electron chi connectivity index (χ4n) is 2.50. The summed E-state index contributed by atoms with van der Waals surface area (Å²) in [6, 6.07) is 4.07. The number of anilines is 2. The standard InChI is InChI=1S/C15H25N3O/c1-2-8-16-15-10-13(7-9-17-15)18-11-12-3-5-14(19)6-4-12/h7,9-10,12,14,19H,2-6,8,11H2,1H3,(H2,16,17,18). The molecule has 1 aromatic heterocycles. The molecule has 0 radical (unpaired) electrons. The number of aliphatic hydroxyl groups is 1. The van der Waals surface area contributed by atoms with E-state index < -0.39 is 0 Å². The molecule has 3 N–H and O–H groups in total. The van der Waals surface area contributed by atoms with Crippen molar-refractivity contribution in [2.45, 2.75) is 45.1 Å². The highest BCUT2D eigenvalue weighted by molar-refractivity contribution is 5.51. The molecule has 19 heavy (non-hydrogen) atoms. The first-order valence-electron chi connectivity index (χ1n) is 7.39. The van der Waals surface area contributed by atoms with E-state index in [9.17, 15) is 5.11 Å². The van der Waals surface area contributed by atoms with Gasteiger partial charge in [-0.2, -0.15) is 0 Å². The van der Waals surface area contributed by atoms with E-state index in [1.165, 1.54) is 0 Å². The summed E-state index contributed by atoms with van der Waals surface area (Å²) < 4.78 is 0. The Morgan fingerprint density at radius 1 is 1.26 bits per heavy atom. The zero-order chi connectivity index (χ0) is 13.5. The second kappa shape index (κ2) is 7.34. The highest BCUT2D eigenvalue weighted by atomic mass is 16.3. The molecule has 106 valence electrons. The Morgan fingerprint density at radius 2 is 2.05 bits per heavy atom. The smallest absolute Gasteiger partial charge is 0.127 e. The minimum atomic E-state index is -0.0676. The van der Waals surface area contributed by atoms with Gasteiger partial charge in [0.15, 0.2) is 0 Å². The molecule has 0 amide bonds. The topological polar surface area (TPSA) is 57.2 Å². The van der Waals surface area contributed by atoms with E-state index in [2.05, 4.69) is 28.6 Å². The van der Waals surface area contributed by atoms with Gasteiger partial charge in [0.1, 0.15) is 5.82 Å². The van der Waals surface area contributed by atoms with Crippen molar-refractivity contribution in [1.82, 2.24) is 4.98 Å². The first-order valence-corrected chi connectivity index (χ1v) is 7.39. The quantitative estimate of drug-likeness (QED) is 0.738. The summed E-state index contributed by atoms with van der Waals surface area (Å²) >= 11 is 0. The molecule has 0 bridgehead atoms. The van der Waals surface area contributed by atoms with Crippen LogP contribution in [0.15, 0.2) is 18.3 Å². The monoisotopic (exact) mass is 263 g/mol. The zero-order valence-electron chi connectivity index (χ0n) is 11.7. The zero-order valence-corrected chi connectivity index (χ0v) is 11.7. The van der Waals surface area contributed by atoms with E-state index in [0.717, 1.165) is 56.7 Å². The van der Waals surface area contributed by atoms with Crippen LogP contribution in [0.25, 0.3) is 0 Å². The number of pyridine rings is 1. The van der Waals surface area contributed by atoms with Crippen molar-refractivity contribution in [3.05, 3.63) is 18.3 Å². The van der Waals surface area contributed by atoms with Gasteiger partial charge in [0.2, 0.25) is 0 Å². The largest absolute Gasteiger partial charge is 0.393 e. The van der Waals surface area contributed by atoms with Gasteiger partial charge in [-0.15, -0.1) is 0 Å². The molecule has 1 aliphatic rings. The van der Waals surface area contributed by atoms with Gasteiger partial charge in [-0.25, -0.2) is 4.98 Å². The first-order chi connectivity index (χ1) is 9.28. The summed E-state index contributed by atoms with van der Waals surface area (Å²) in [6.45, 7) is 4.09. The van der Waals surface area contributed by atoms with E-state index in [0.29, 0.717) is 5.92 Å². The van der Waals surface area contributed by atoms with E-state index in [1.54, 1.807) is 0 Å². The van der Waals surface area contributed by atoms with Gasteiger partial charge in [-0.1, -0.05) is 6.92 Å². The second-order valence-electron chi connectivity index (χ2n) is 5.41. The van der Waals surface area contributed by atoms with Crippen molar-refractivity contribution in [1.29, 1.82) is 0 Å². The molecule has 1 aromatic rings. The molecule has 1 aliphatic carbocycles. The van der Waals surface area contributed by atoms with Gasteiger partial charge in [-0.05, 0) is 44.1 Å². The van der Waals surface area contributed by atoms with Crippen LogP contribution in [0.3, 0.4) is 0 Å². The molecule has 1 saturated carbocycles. The summed E-state index contributed by atoms with van der Waals surface area (Å²) in [6.07, 6.45) is 7.02. The summed E-state index contributed by atoms with van der Waals surface area (Å²) in [4.78, 5) is 4.30. The molecule has 0 unspecified atom stereocenters. The van der Waals surface area contributed by atoms with Crippen molar-refractivity contribution < 1.29 is 5.11 Å². The number of aromatic nitrogens is 1. The molecule has 4 heteroatoms. The maximum Gasteiger partial charge on any atom is 0.127 e. The van der Waals surface area contributed by atoms with Crippen LogP contribution in [0.5, 0.6) is 0 Å². The van der Waals surface area contributed by atoms with Crippen LogP contribution in [0, 0.1) is 5.92 Å². The molecular formula is C15H25N3O. The number of rotatable bonds is 6. The predicted octanol–water partition coefficient (Wildman–Crippen LogP) is 2.87. The average Bonchev–Trinajstić information content (AvgIpc) is 2.45. The number of aliphatic hydroxyl groups excluding tert-OH is 1. The van der Waals surface area contributed by atoms with Gasteiger partial charge in [0, 0.05) is 31.0 Å². The predicted molar refractivity (Wildman–Crippen MR) is 79.5 cm³/mol. The lowest BCUT2D eigenvalue weighted by molar-refractivity contribution is 0.111. The molecule has 1 heterocycles. The Balaban J connectivity index is 1.78. The van der Waals surface area contributed by atoms with Crippen molar-refractivity contribution in [3.63, 3.8) is 0 Å². The Labute approximate surface area is 115 Å². The van der Waals surface area contributed by atoms with Gasteiger partial charge in [0.05, 0.1) is 6.10 Å². The number of hydrogen-bond donors (Lipinski definition) is 3. The van der Waals surface area contributed by atoms with Crippen LogP contribution in [-0.4, -0.2) is 29.3 Å². The van der Waals surface area contributed by atoms with Crippen molar-refractivity contribution in [2.24, 2.45) is 5.92 Å². The molecule has 4 nitrogen and oxygen atoms in total. The minimum absolute atomic E-state index is 0.0676. The Morgan fingerprint density at radius 3 is 2.79 bits per heavy atom. The normalized spacial score (nSPS) is 23.1. The highest BCUT2D eigenvalue weighted by Crippen LogP contribution is 2.24. The Hall–Kier alpha value is -1.29. The third-order valence-corrected chi connectivity index (χ3v) is 3.73. The van der Waals surface area contributed by atoms with Gasteiger partial charge >= 0.3 is 0 Å². The van der Waals surface area contributed by atoms with Crippen LogP contribution >= 0.6 is 0 Å². The molecule has 0 saturated heterocycles. The van der Waals surface area contributed by atoms with E-state index in [4.69, 9.17) is 0 Å². The highest BCUT2D eigenvalue weighted by Gasteiger charge is 2.18. The molecular weight excluding hydrogens is 238 g/mol. The maximum atomic E-state index is 9.49. The third kappa shape index (κ3) is 4.71. The van der Waals surface area contributed by atoms with Crippen LogP contribution in [-0.2, 0) is 0 Å². The van der Waals surface area contributed by atoms with E-state index in [-0.39, 0.29) is 6.10 Å². The van der Waals surface area contributed by atoms with Crippen molar-refractivity contribution in [2.75, 3.05) is 23.7 Å². The molecule has 0 aliphatic heterocycles. The third-order valence-electron chi connectivity index (χ3n) is 3.73. The van der Waals surface area contributed by atoms with E-state index >= 15 is 0 Å². The summed E-state index contributed by atoms with van der Waals surface area (Å²) in [5.41, 5.74) is 1.12. The molecule has 2 rings (SSSR count). The van der Waals surface area contributed by atoms with Crippen LogP contribution in [0.1, 0.15) is 39.0 Å². The van der Waals surface area contributed by atoms with Gasteiger partial charge in [-0.3, -0.25) is 0 Å². The number of nitrogens with zero attached hydrogens (tertiary/aromatic N) is 1. The average molecular weight is 263 g/mol. The SMILES string of the molecule is CCCNc1cc(NCC2CCC(O)CC2)ccn1. The number of nitrogens with one attached hydrogen (secondary N) is 2. The fraction of sp³-hybridized carbons (Fsp3) is 0.667. The maximum absolute atomic E-state index is 9.49. The lowest BCUT2D eigenvalue weighted by Crippen LogP contribution is -2.23. The Kier molecular flexibility index (Phi) is 5.45. The van der Waals surface area contributed by atoms with Crippen LogP contribution in [0.2, 0.25) is 0 Å². The summed E-state index contributed by atoms with van der Waals surface area (Å²) in [7, 11) is 0. The molecule has 0 atom stereocenters. The molecule has 0 spiro atoms. The van der Waals surface area contributed by atoms with Gasteiger partial charge in [0.25, 0.3) is 0 Å². The fourth-order valence-corrected chi connectivity index (χ4v) is 2.50. The van der Waals surface area contributed by atoms with Crippen LogP contribution in [0.4, 0.5) is 11.5 Å². The number of hydrogen-bond acceptors (Lipinski definition) is 4. The first kappa shape index (κ1) is 14.1. The molecule has 1 fully saturated rings. The van der Waals surface area contributed by atoms with Crippen molar-refractivity contribution in [3.8, 4) is 0 Å². The second-order valence-corrected chi connectivity index (χ2v) is 5.41. The minimum Gasteiger partial charge on any atom is -0.393 e. The summed E-state index contributed by atoms with van der Waals surface area (Å²) in [5.74, 6) is 1.62. The lowest BCUT2D eigenvalue weighted by Gasteiger charge is -2.25. The summed E-state index contributed by atoms with van der Waals surface area (Å²) in [5, 5.41) is 16.3. The molecule has 0 aromatic carbocycles. The van der Waals surface area contributed by atoms with Crippen molar-refractivity contribution >= 4 is 11.5 Å².